The van der Waals surface area contributed by atoms with Crippen LogP contribution in [0.4, 0.5) is 13.2 Å². The fourth-order valence-electron chi connectivity index (χ4n) is 2.83. The van der Waals surface area contributed by atoms with Gasteiger partial charge in [0, 0.05) is 11.6 Å². The van der Waals surface area contributed by atoms with Crippen molar-refractivity contribution in [2.75, 3.05) is 6.54 Å². The number of alkyl halides is 3. The molecule has 5 nitrogen and oxygen atoms in total. The third kappa shape index (κ3) is 5.71. The number of carbonyl (C=O) groups is 1. The lowest BCUT2D eigenvalue weighted by Gasteiger charge is -2.29. The molecule has 1 aromatic rings. The number of halogens is 3. The molecule has 9 heteroatoms. The number of sulfonamides is 1. The van der Waals surface area contributed by atoms with Gasteiger partial charge in [-0.15, -0.1) is 0 Å². The highest BCUT2D eigenvalue weighted by Crippen LogP contribution is 2.25. The Hall–Kier alpha value is -1.61. The highest BCUT2D eigenvalue weighted by atomic mass is 32.2. The number of nitrogens with one attached hydrogen (secondary N) is 2. The molecular formula is C16H21F3N2O3S. The molecule has 1 aliphatic rings. The normalized spacial score (nSPS) is 21.8. The molecule has 1 saturated carbocycles. The van der Waals surface area contributed by atoms with Gasteiger partial charge in [-0.25, -0.2) is 13.1 Å². The average Bonchev–Trinajstić information content (AvgIpc) is 2.54. The van der Waals surface area contributed by atoms with E-state index >= 15 is 0 Å². The first-order chi connectivity index (χ1) is 11.6. The second-order valence-corrected chi connectivity index (χ2v) is 8.03. The predicted molar refractivity (Wildman–Crippen MR) is 86.6 cm³/mol. The lowest BCUT2D eigenvalue weighted by atomic mass is 9.87. The minimum absolute atomic E-state index is 0.0161. The molecular weight excluding hydrogens is 357 g/mol. The van der Waals surface area contributed by atoms with Crippen molar-refractivity contribution in [3.63, 3.8) is 0 Å². The lowest BCUT2D eigenvalue weighted by molar-refractivity contribution is -0.123. The molecule has 1 aromatic carbocycles. The Labute approximate surface area is 145 Å². The third-order valence-corrected chi connectivity index (χ3v) is 5.80. The summed E-state index contributed by atoms with van der Waals surface area (Å²) in [5, 5.41) is 1.74. The van der Waals surface area contributed by atoms with Gasteiger partial charge in [0.2, 0.25) is 10.0 Å². The van der Waals surface area contributed by atoms with E-state index in [2.05, 4.69) is 4.72 Å². The Balaban J connectivity index is 2.04. The van der Waals surface area contributed by atoms with Crippen molar-refractivity contribution in [2.45, 2.75) is 49.7 Å². The Morgan fingerprint density at radius 2 is 1.76 bits per heavy atom. The maximum absolute atomic E-state index is 12.4. The van der Waals surface area contributed by atoms with Crippen LogP contribution < -0.4 is 10.0 Å². The lowest BCUT2D eigenvalue weighted by Crippen LogP contribution is -2.41. The molecule has 0 saturated heterocycles. The number of amides is 1. The van der Waals surface area contributed by atoms with Crippen molar-refractivity contribution in [3.05, 3.63) is 29.8 Å². The second kappa shape index (κ2) is 7.74. The van der Waals surface area contributed by atoms with Crippen LogP contribution in [0.5, 0.6) is 0 Å². The zero-order chi connectivity index (χ0) is 18.7. The summed E-state index contributed by atoms with van der Waals surface area (Å²) >= 11 is 0. The van der Waals surface area contributed by atoms with Crippen molar-refractivity contribution >= 4 is 15.9 Å². The molecule has 2 N–H and O–H groups in total. The largest absolute Gasteiger partial charge is 0.405 e. The fraction of sp³-hybridized carbons (Fsp3) is 0.562. The number of rotatable bonds is 5. The zero-order valence-corrected chi connectivity index (χ0v) is 14.6. The van der Waals surface area contributed by atoms with Gasteiger partial charge in [-0.2, -0.15) is 13.2 Å². The van der Waals surface area contributed by atoms with Crippen molar-refractivity contribution in [1.29, 1.82) is 0 Å². The summed E-state index contributed by atoms with van der Waals surface area (Å²) in [7, 11) is -3.73. The van der Waals surface area contributed by atoms with Gasteiger partial charge in [0.25, 0.3) is 5.91 Å². The first-order valence-electron chi connectivity index (χ1n) is 8.06. The topological polar surface area (TPSA) is 75.3 Å². The van der Waals surface area contributed by atoms with Crippen LogP contribution >= 0.6 is 0 Å². The molecule has 0 spiro atoms. The van der Waals surface area contributed by atoms with Gasteiger partial charge in [-0.05, 0) is 43.0 Å². The fourth-order valence-corrected chi connectivity index (χ4v) is 4.21. The van der Waals surface area contributed by atoms with E-state index in [1.165, 1.54) is 24.3 Å². The van der Waals surface area contributed by atoms with Crippen LogP contribution in [0.25, 0.3) is 0 Å². The van der Waals surface area contributed by atoms with E-state index in [0.717, 1.165) is 25.7 Å². The van der Waals surface area contributed by atoms with E-state index in [-0.39, 0.29) is 22.4 Å². The average molecular weight is 378 g/mol. The summed E-state index contributed by atoms with van der Waals surface area (Å²) in [5.41, 5.74) is -0.0331. The van der Waals surface area contributed by atoms with Crippen LogP contribution in [0.3, 0.4) is 0 Å². The van der Waals surface area contributed by atoms with Gasteiger partial charge in [-0.3, -0.25) is 4.79 Å². The summed E-state index contributed by atoms with van der Waals surface area (Å²) in [6, 6.07) is 4.71. The molecule has 0 unspecified atom stereocenters. The molecule has 1 fully saturated rings. The number of carbonyl (C=O) groups excluding carboxylic acids is 1. The monoisotopic (exact) mass is 378 g/mol. The first kappa shape index (κ1) is 19.7. The van der Waals surface area contributed by atoms with Gasteiger partial charge in [0.05, 0.1) is 4.90 Å². The highest BCUT2D eigenvalue weighted by molar-refractivity contribution is 7.89. The van der Waals surface area contributed by atoms with Crippen LogP contribution in [0.1, 0.15) is 43.0 Å². The SMILES string of the molecule is C[C@H]1CCCC[C@@H]1NS(=O)(=O)c1ccc(C(=O)NCC(F)(F)F)cc1. The number of benzene rings is 1. The van der Waals surface area contributed by atoms with E-state index in [0.29, 0.717) is 0 Å². The Bertz CT molecular complexity index is 702. The molecule has 0 aliphatic heterocycles. The van der Waals surface area contributed by atoms with E-state index < -0.39 is 28.7 Å². The number of hydrogen-bond acceptors (Lipinski definition) is 3. The summed E-state index contributed by atoms with van der Waals surface area (Å²) < 4.78 is 63.8. The summed E-state index contributed by atoms with van der Waals surface area (Å²) in [6.07, 6.45) is -0.708. The Morgan fingerprint density at radius 1 is 1.16 bits per heavy atom. The first-order valence-corrected chi connectivity index (χ1v) is 9.54. The maximum atomic E-state index is 12.4. The van der Waals surface area contributed by atoms with E-state index in [4.69, 9.17) is 0 Å². The van der Waals surface area contributed by atoms with Gasteiger partial charge in [-0.1, -0.05) is 19.8 Å². The minimum atomic E-state index is -4.50. The smallest absolute Gasteiger partial charge is 0.343 e. The standard InChI is InChI=1S/C16H21F3N2O3S/c1-11-4-2-3-5-14(11)21-25(23,24)13-8-6-12(7-9-13)15(22)20-10-16(17,18)19/h6-9,11,14,21H,2-5,10H2,1H3,(H,20,22)/t11-,14-/m0/s1. The summed E-state index contributed by atoms with van der Waals surface area (Å²) in [6.45, 7) is 0.563. The van der Waals surface area contributed by atoms with Crippen molar-refractivity contribution < 1.29 is 26.4 Å². The number of hydrogen-bond donors (Lipinski definition) is 2. The van der Waals surface area contributed by atoms with Gasteiger partial charge in [0.1, 0.15) is 6.54 Å². The van der Waals surface area contributed by atoms with Gasteiger partial charge < -0.3 is 5.32 Å². The molecule has 0 radical (unpaired) electrons. The van der Waals surface area contributed by atoms with E-state index in [9.17, 15) is 26.4 Å². The molecule has 2 atom stereocenters. The molecule has 140 valence electrons. The summed E-state index contributed by atoms with van der Waals surface area (Å²) in [4.78, 5) is 11.6. The molecule has 0 aromatic heterocycles. The molecule has 1 amide bonds. The van der Waals surface area contributed by atoms with Crippen LogP contribution in [0.15, 0.2) is 29.2 Å². The molecule has 25 heavy (non-hydrogen) atoms. The zero-order valence-electron chi connectivity index (χ0n) is 13.8. The van der Waals surface area contributed by atoms with E-state index in [1.807, 2.05) is 6.92 Å². The molecule has 1 aliphatic carbocycles. The Kier molecular flexibility index (Phi) is 6.10. The van der Waals surface area contributed by atoms with Gasteiger partial charge >= 0.3 is 6.18 Å². The maximum Gasteiger partial charge on any atom is 0.405 e. The van der Waals surface area contributed by atoms with Crippen LogP contribution in [-0.4, -0.2) is 33.1 Å². The van der Waals surface area contributed by atoms with Crippen LogP contribution in [-0.2, 0) is 10.0 Å². The van der Waals surface area contributed by atoms with Crippen molar-refractivity contribution in [3.8, 4) is 0 Å². The van der Waals surface area contributed by atoms with Crippen LogP contribution in [0.2, 0.25) is 0 Å². The second-order valence-electron chi connectivity index (χ2n) is 6.31. The third-order valence-electron chi connectivity index (χ3n) is 4.29. The molecule has 0 heterocycles. The predicted octanol–water partition coefficient (Wildman–Crippen LogP) is 2.84. The molecule has 0 bridgehead atoms. The van der Waals surface area contributed by atoms with Gasteiger partial charge in [0.15, 0.2) is 0 Å². The molecule has 2 rings (SSSR count). The summed E-state index contributed by atoms with van der Waals surface area (Å²) in [5.74, 6) is -0.661. The Morgan fingerprint density at radius 3 is 2.32 bits per heavy atom. The quantitative estimate of drug-likeness (QED) is 0.827. The highest BCUT2D eigenvalue weighted by Gasteiger charge is 2.29. The van der Waals surface area contributed by atoms with Crippen molar-refractivity contribution in [1.82, 2.24) is 10.0 Å². The minimum Gasteiger partial charge on any atom is -0.343 e. The van der Waals surface area contributed by atoms with Crippen LogP contribution in [0, 0.1) is 5.92 Å². The van der Waals surface area contributed by atoms with E-state index in [1.54, 1.807) is 5.32 Å². The van der Waals surface area contributed by atoms with Crippen molar-refractivity contribution in [2.24, 2.45) is 5.92 Å².